The summed E-state index contributed by atoms with van der Waals surface area (Å²) in [6.45, 7) is 7.25. The van der Waals surface area contributed by atoms with E-state index in [4.69, 9.17) is 11.6 Å². The van der Waals surface area contributed by atoms with Crippen LogP contribution in [0.25, 0.3) is 11.1 Å². The summed E-state index contributed by atoms with van der Waals surface area (Å²) in [6.07, 6.45) is 0. The van der Waals surface area contributed by atoms with Gasteiger partial charge in [0.25, 0.3) is 0 Å². The Morgan fingerprint density at radius 3 is 2.67 bits per heavy atom. The molecule has 0 amide bonds. The van der Waals surface area contributed by atoms with E-state index in [1.165, 1.54) is 16.0 Å². The van der Waals surface area contributed by atoms with Crippen molar-refractivity contribution in [2.45, 2.75) is 33.4 Å². The average Bonchev–Trinajstić information content (AvgIpc) is 2.74. The zero-order chi connectivity index (χ0) is 13.1. The molecule has 0 unspecified atom stereocenters. The molecule has 1 aromatic carbocycles. The van der Waals surface area contributed by atoms with Gasteiger partial charge in [-0.3, -0.25) is 0 Å². The topological polar surface area (TPSA) is 12.0 Å². The second kappa shape index (κ2) is 5.87. The van der Waals surface area contributed by atoms with Crippen molar-refractivity contribution in [2.24, 2.45) is 0 Å². The van der Waals surface area contributed by atoms with E-state index < -0.39 is 0 Å². The van der Waals surface area contributed by atoms with Crippen LogP contribution in [0.15, 0.2) is 29.6 Å². The first-order valence-corrected chi connectivity index (χ1v) is 7.40. The number of nitrogens with one attached hydrogen (secondary N) is 1. The average molecular weight is 280 g/mol. The molecule has 0 spiro atoms. The first-order valence-electron chi connectivity index (χ1n) is 6.14. The quantitative estimate of drug-likeness (QED) is 0.841. The number of aryl methyl sites for hydroxylation is 1. The molecule has 0 radical (unpaired) electrons. The molecule has 2 rings (SSSR count). The van der Waals surface area contributed by atoms with Gasteiger partial charge in [0.2, 0.25) is 0 Å². The first-order chi connectivity index (χ1) is 8.58. The Kier molecular flexibility index (Phi) is 4.44. The Balaban J connectivity index is 2.29. The number of rotatable bonds is 4. The number of hydrogen-bond acceptors (Lipinski definition) is 2. The monoisotopic (exact) mass is 279 g/mol. The molecular weight excluding hydrogens is 262 g/mol. The highest BCUT2D eigenvalue weighted by molar-refractivity contribution is 7.10. The van der Waals surface area contributed by atoms with Gasteiger partial charge in [-0.15, -0.1) is 11.3 Å². The largest absolute Gasteiger partial charge is 0.310 e. The summed E-state index contributed by atoms with van der Waals surface area (Å²) in [4.78, 5) is 1.35. The second-order valence-corrected chi connectivity index (χ2v) is 6.26. The fourth-order valence-electron chi connectivity index (χ4n) is 1.88. The molecular formula is C15H18ClNS. The fraction of sp³-hybridized carbons (Fsp3) is 0.333. The molecule has 1 N–H and O–H groups in total. The van der Waals surface area contributed by atoms with Crippen LogP contribution in [0.3, 0.4) is 0 Å². The van der Waals surface area contributed by atoms with Crippen molar-refractivity contribution in [3.63, 3.8) is 0 Å². The van der Waals surface area contributed by atoms with Gasteiger partial charge in [0, 0.05) is 22.5 Å². The molecule has 0 bridgehead atoms. The maximum atomic E-state index is 6.24. The summed E-state index contributed by atoms with van der Waals surface area (Å²) in [7, 11) is 0. The van der Waals surface area contributed by atoms with Gasteiger partial charge in [0.05, 0.1) is 0 Å². The van der Waals surface area contributed by atoms with Crippen molar-refractivity contribution < 1.29 is 0 Å². The van der Waals surface area contributed by atoms with Crippen LogP contribution in [0.1, 0.15) is 24.3 Å². The van der Waals surface area contributed by atoms with Crippen LogP contribution in [0.5, 0.6) is 0 Å². The summed E-state index contributed by atoms with van der Waals surface area (Å²) < 4.78 is 0. The number of hydrogen-bond donors (Lipinski definition) is 1. The third kappa shape index (κ3) is 3.14. The molecule has 0 atom stereocenters. The van der Waals surface area contributed by atoms with Crippen LogP contribution < -0.4 is 5.32 Å². The van der Waals surface area contributed by atoms with Crippen molar-refractivity contribution in [3.05, 3.63) is 45.1 Å². The molecule has 0 saturated heterocycles. The van der Waals surface area contributed by atoms with Crippen molar-refractivity contribution >= 4 is 22.9 Å². The lowest BCUT2D eigenvalue weighted by atomic mass is 10.0. The Morgan fingerprint density at radius 1 is 1.28 bits per heavy atom. The predicted octanol–water partition coefficient (Wildman–Crippen LogP) is 4.87. The van der Waals surface area contributed by atoms with Crippen LogP contribution in [-0.2, 0) is 6.54 Å². The van der Waals surface area contributed by atoms with Gasteiger partial charge in [0.15, 0.2) is 0 Å². The lowest BCUT2D eigenvalue weighted by Crippen LogP contribution is -2.21. The van der Waals surface area contributed by atoms with Gasteiger partial charge in [-0.1, -0.05) is 31.5 Å². The minimum atomic E-state index is 0.465. The molecule has 18 heavy (non-hydrogen) atoms. The minimum Gasteiger partial charge on any atom is -0.310 e. The summed E-state index contributed by atoms with van der Waals surface area (Å²) in [5.74, 6) is 0. The van der Waals surface area contributed by atoms with Crippen molar-refractivity contribution in [2.75, 3.05) is 0 Å². The number of halogens is 1. The molecule has 0 aliphatic rings. The summed E-state index contributed by atoms with van der Waals surface area (Å²) in [5.41, 5.74) is 3.72. The Labute approximate surface area is 118 Å². The lowest BCUT2D eigenvalue weighted by Gasteiger charge is -2.11. The molecule has 96 valence electrons. The highest BCUT2D eigenvalue weighted by Crippen LogP contribution is 2.30. The van der Waals surface area contributed by atoms with E-state index in [2.05, 4.69) is 49.7 Å². The zero-order valence-corrected chi connectivity index (χ0v) is 12.5. The normalized spacial score (nSPS) is 11.2. The van der Waals surface area contributed by atoms with Crippen LogP contribution in [0.4, 0.5) is 0 Å². The van der Waals surface area contributed by atoms with E-state index in [0.29, 0.717) is 6.04 Å². The summed E-state index contributed by atoms with van der Waals surface area (Å²) >= 11 is 8.02. The highest BCUT2D eigenvalue weighted by atomic mass is 35.5. The summed E-state index contributed by atoms with van der Waals surface area (Å²) in [6, 6.07) is 8.91. The molecule has 1 aromatic heterocycles. The maximum Gasteiger partial charge on any atom is 0.0451 e. The summed E-state index contributed by atoms with van der Waals surface area (Å²) in [5, 5.41) is 6.37. The van der Waals surface area contributed by atoms with Crippen LogP contribution in [0, 0.1) is 6.92 Å². The lowest BCUT2D eigenvalue weighted by molar-refractivity contribution is 0.589. The fourth-order valence-corrected chi connectivity index (χ4v) is 2.78. The Morgan fingerprint density at radius 2 is 2.06 bits per heavy atom. The minimum absolute atomic E-state index is 0.465. The number of benzene rings is 1. The molecule has 0 aliphatic heterocycles. The second-order valence-electron chi connectivity index (χ2n) is 4.73. The first kappa shape index (κ1) is 13.6. The highest BCUT2D eigenvalue weighted by Gasteiger charge is 2.07. The van der Waals surface area contributed by atoms with E-state index in [-0.39, 0.29) is 0 Å². The van der Waals surface area contributed by atoms with Gasteiger partial charge in [-0.25, -0.2) is 0 Å². The standard InChI is InChI=1S/C15H18ClNS/c1-10(2)17-9-13-8-12(4-5-15(13)16)14-6-7-18-11(14)3/h4-8,10,17H,9H2,1-3H3. The van der Waals surface area contributed by atoms with Gasteiger partial charge < -0.3 is 5.32 Å². The van der Waals surface area contributed by atoms with Crippen molar-refractivity contribution in [1.29, 1.82) is 0 Å². The molecule has 0 fully saturated rings. The molecule has 0 aliphatic carbocycles. The maximum absolute atomic E-state index is 6.24. The Bertz CT molecular complexity index is 531. The van der Waals surface area contributed by atoms with Gasteiger partial charge in [-0.2, -0.15) is 0 Å². The molecule has 1 heterocycles. The SMILES string of the molecule is Cc1sccc1-c1ccc(Cl)c(CNC(C)C)c1. The predicted molar refractivity (Wildman–Crippen MR) is 81.5 cm³/mol. The third-order valence-electron chi connectivity index (χ3n) is 2.92. The smallest absolute Gasteiger partial charge is 0.0451 e. The van der Waals surface area contributed by atoms with Crippen molar-refractivity contribution in [1.82, 2.24) is 5.32 Å². The third-order valence-corrected chi connectivity index (χ3v) is 4.13. The van der Waals surface area contributed by atoms with E-state index in [1.54, 1.807) is 11.3 Å². The van der Waals surface area contributed by atoms with E-state index in [9.17, 15) is 0 Å². The van der Waals surface area contributed by atoms with Crippen LogP contribution >= 0.6 is 22.9 Å². The van der Waals surface area contributed by atoms with E-state index >= 15 is 0 Å². The van der Waals surface area contributed by atoms with Gasteiger partial charge >= 0.3 is 0 Å². The van der Waals surface area contributed by atoms with Gasteiger partial charge in [-0.05, 0) is 47.2 Å². The molecule has 1 nitrogen and oxygen atoms in total. The van der Waals surface area contributed by atoms with Crippen LogP contribution in [-0.4, -0.2) is 6.04 Å². The molecule has 2 aromatic rings. The molecule has 0 saturated carbocycles. The zero-order valence-electron chi connectivity index (χ0n) is 11.0. The van der Waals surface area contributed by atoms with Crippen molar-refractivity contribution in [3.8, 4) is 11.1 Å². The Hall–Kier alpha value is -0.830. The van der Waals surface area contributed by atoms with Crippen LogP contribution in [0.2, 0.25) is 5.02 Å². The number of thiophene rings is 1. The molecule has 3 heteroatoms. The van der Waals surface area contributed by atoms with E-state index in [1.807, 2.05) is 6.07 Å². The van der Waals surface area contributed by atoms with E-state index in [0.717, 1.165) is 17.1 Å². The van der Waals surface area contributed by atoms with Gasteiger partial charge in [0.1, 0.15) is 0 Å².